The van der Waals surface area contributed by atoms with Crippen LogP contribution in [0.25, 0.3) is 11.1 Å². The van der Waals surface area contributed by atoms with Crippen LogP contribution in [0.5, 0.6) is 0 Å². The molecule has 2 amide bonds. The van der Waals surface area contributed by atoms with Crippen LogP contribution in [0.3, 0.4) is 0 Å². The molecule has 2 atom stereocenters. The zero-order valence-corrected chi connectivity index (χ0v) is 20.4. The number of nitrogens with one attached hydrogen (secondary N) is 1. The van der Waals surface area contributed by atoms with Crippen LogP contribution >= 0.6 is 0 Å². The third-order valence-corrected chi connectivity index (χ3v) is 7.01. The van der Waals surface area contributed by atoms with Crippen molar-refractivity contribution in [3.05, 3.63) is 59.7 Å². The molecule has 1 heterocycles. The van der Waals surface area contributed by atoms with Gasteiger partial charge in [-0.25, -0.2) is 4.79 Å². The number of hydrogen-bond donors (Lipinski definition) is 2. The number of ether oxygens (including phenoxy) is 1. The van der Waals surface area contributed by atoms with Gasteiger partial charge in [-0.15, -0.1) is 0 Å². The topological polar surface area (TPSA) is 95.9 Å². The Morgan fingerprint density at radius 1 is 1.06 bits per heavy atom. The fourth-order valence-corrected chi connectivity index (χ4v) is 5.47. The minimum atomic E-state index is -0.896. The number of benzene rings is 2. The summed E-state index contributed by atoms with van der Waals surface area (Å²) in [6.07, 6.45) is 1.53. The lowest BCUT2D eigenvalue weighted by Crippen LogP contribution is -2.45. The van der Waals surface area contributed by atoms with Crippen LogP contribution in [0, 0.1) is 11.8 Å². The summed E-state index contributed by atoms with van der Waals surface area (Å²) in [4.78, 5) is 38.8. The summed E-state index contributed by atoms with van der Waals surface area (Å²) in [7, 11) is 0. The van der Waals surface area contributed by atoms with Gasteiger partial charge in [-0.1, -0.05) is 62.4 Å². The first-order chi connectivity index (χ1) is 16.8. The molecule has 1 fully saturated rings. The number of hydrogen-bond acceptors (Lipinski definition) is 4. The molecule has 35 heavy (non-hydrogen) atoms. The van der Waals surface area contributed by atoms with Crippen molar-refractivity contribution in [2.75, 3.05) is 19.7 Å². The van der Waals surface area contributed by atoms with Gasteiger partial charge in [0.2, 0.25) is 5.91 Å². The molecule has 2 N–H and O–H groups in total. The van der Waals surface area contributed by atoms with E-state index in [-0.39, 0.29) is 43.4 Å². The van der Waals surface area contributed by atoms with Crippen LogP contribution in [0.1, 0.15) is 56.6 Å². The Hall–Kier alpha value is -3.35. The molecule has 1 aliphatic carbocycles. The fourth-order valence-electron chi connectivity index (χ4n) is 5.47. The second-order valence-electron chi connectivity index (χ2n) is 9.96. The van der Waals surface area contributed by atoms with Gasteiger partial charge in [0.15, 0.2) is 0 Å². The number of carbonyl (C=O) groups excluding carboxylic acids is 2. The molecule has 0 aromatic heterocycles. The van der Waals surface area contributed by atoms with Gasteiger partial charge in [-0.2, -0.15) is 0 Å². The van der Waals surface area contributed by atoms with Crippen molar-refractivity contribution in [2.24, 2.45) is 11.8 Å². The summed E-state index contributed by atoms with van der Waals surface area (Å²) in [5.41, 5.74) is 4.63. The van der Waals surface area contributed by atoms with Crippen molar-refractivity contribution in [3.63, 3.8) is 0 Å². The highest BCUT2D eigenvalue weighted by Crippen LogP contribution is 2.44. The van der Waals surface area contributed by atoms with E-state index < -0.39 is 18.0 Å². The number of alkyl carbamates (subject to hydrolysis) is 1. The highest BCUT2D eigenvalue weighted by Gasteiger charge is 2.35. The third-order valence-electron chi connectivity index (χ3n) is 7.01. The van der Waals surface area contributed by atoms with Crippen LogP contribution in [0.4, 0.5) is 4.79 Å². The first-order valence-electron chi connectivity index (χ1n) is 12.5. The van der Waals surface area contributed by atoms with Gasteiger partial charge >= 0.3 is 12.1 Å². The number of nitrogens with zero attached hydrogens (tertiary/aromatic N) is 1. The Labute approximate surface area is 206 Å². The summed E-state index contributed by atoms with van der Waals surface area (Å²) in [6.45, 7) is 5.02. The maximum absolute atomic E-state index is 13.3. The van der Waals surface area contributed by atoms with Crippen molar-refractivity contribution in [2.45, 2.75) is 51.5 Å². The molecular weight excluding hydrogens is 444 g/mol. The van der Waals surface area contributed by atoms with Crippen molar-refractivity contribution in [1.29, 1.82) is 0 Å². The summed E-state index contributed by atoms with van der Waals surface area (Å²) >= 11 is 0. The molecule has 2 aromatic rings. The van der Waals surface area contributed by atoms with E-state index in [9.17, 15) is 19.5 Å². The number of aliphatic carboxylic acids is 1. The smallest absolute Gasteiger partial charge is 0.407 e. The fraction of sp³-hybridized carbons (Fsp3) is 0.464. The van der Waals surface area contributed by atoms with E-state index in [0.29, 0.717) is 19.4 Å². The predicted octanol–water partition coefficient (Wildman–Crippen LogP) is 4.65. The second-order valence-corrected chi connectivity index (χ2v) is 9.96. The molecule has 7 nitrogen and oxygen atoms in total. The Kier molecular flexibility index (Phi) is 7.73. The summed E-state index contributed by atoms with van der Waals surface area (Å²) in [5.74, 6) is -1.16. The molecule has 0 bridgehead atoms. The molecule has 186 valence electrons. The molecule has 4 rings (SSSR count). The number of likely N-dealkylation sites (tertiary alicyclic amines) is 1. The molecule has 1 aliphatic heterocycles. The minimum absolute atomic E-state index is 0.0254. The van der Waals surface area contributed by atoms with Gasteiger partial charge in [0.05, 0.1) is 12.3 Å². The number of carboxylic acids is 1. The lowest BCUT2D eigenvalue weighted by atomic mass is 9.95. The Morgan fingerprint density at radius 3 is 2.29 bits per heavy atom. The van der Waals surface area contributed by atoms with Gasteiger partial charge in [-0.3, -0.25) is 9.59 Å². The monoisotopic (exact) mass is 478 g/mol. The first-order valence-corrected chi connectivity index (χ1v) is 12.5. The van der Waals surface area contributed by atoms with Crippen LogP contribution in [-0.2, 0) is 14.3 Å². The first kappa shape index (κ1) is 24.8. The van der Waals surface area contributed by atoms with E-state index in [4.69, 9.17) is 4.74 Å². The largest absolute Gasteiger partial charge is 0.481 e. The maximum atomic E-state index is 13.3. The van der Waals surface area contributed by atoms with Crippen molar-refractivity contribution >= 4 is 18.0 Å². The zero-order chi connectivity index (χ0) is 24.9. The highest BCUT2D eigenvalue weighted by molar-refractivity contribution is 5.81. The SMILES string of the molecule is CC(C)CC(CNC(=O)OCC1c2ccccc2-c2ccccc21)C(=O)N1CCC[C@@H]1CC(=O)O. The Balaban J connectivity index is 1.36. The Bertz CT molecular complexity index is 1040. The second kappa shape index (κ2) is 10.9. The normalized spacial score (nSPS) is 17.7. The Morgan fingerprint density at radius 2 is 1.69 bits per heavy atom. The molecular formula is C28H34N2O5. The molecule has 2 aliphatic rings. The number of carbonyl (C=O) groups is 3. The van der Waals surface area contributed by atoms with Crippen molar-refractivity contribution < 1.29 is 24.2 Å². The average molecular weight is 479 g/mol. The van der Waals surface area contributed by atoms with Gasteiger partial charge in [0.25, 0.3) is 0 Å². The number of amides is 2. The summed E-state index contributed by atoms with van der Waals surface area (Å²) < 4.78 is 5.62. The van der Waals surface area contributed by atoms with Crippen LogP contribution in [0.15, 0.2) is 48.5 Å². The van der Waals surface area contributed by atoms with Gasteiger partial charge in [0, 0.05) is 25.0 Å². The average Bonchev–Trinajstić information content (AvgIpc) is 3.41. The van der Waals surface area contributed by atoms with Gasteiger partial charge < -0.3 is 20.1 Å². The number of rotatable bonds is 9. The van der Waals surface area contributed by atoms with Gasteiger partial charge in [-0.05, 0) is 47.4 Å². The lowest BCUT2D eigenvalue weighted by Gasteiger charge is -2.29. The van der Waals surface area contributed by atoms with E-state index in [0.717, 1.165) is 17.5 Å². The van der Waals surface area contributed by atoms with E-state index in [1.807, 2.05) is 38.1 Å². The van der Waals surface area contributed by atoms with E-state index in [1.165, 1.54) is 11.1 Å². The van der Waals surface area contributed by atoms with E-state index in [1.54, 1.807) is 4.90 Å². The van der Waals surface area contributed by atoms with E-state index >= 15 is 0 Å². The van der Waals surface area contributed by atoms with Crippen LogP contribution in [-0.4, -0.2) is 53.7 Å². The standard InChI is InChI=1S/C28H34N2O5/c1-18(2)14-19(27(33)30-13-7-8-20(30)15-26(31)32)16-29-28(34)35-17-25-23-11-5-3-9-21(23)22-10-4-6-12-24(22)25/h3-6,9-12,18-20,25H,7-8,13-17H2,1-2H3,(H,29,34)(H,31,32)/t19?,20-/m1/s1. The maximum Gasteiger partial charge on any atom is 0.407 e. The quantitative estimate of drug-likeness (QED) is 0.547. The molecule has 0 radical (unpaired) electrons. The molecule has 1 saturated heterocycles. The van der Waals surface area contributed by atoms with Crippen LogP contribution in [0.2, 0.25) is 0 Å². The lowest BCUT2D eigenvalue weighted by molar-refractivity contribution is -0.141. The van der Waals surface area contributed by atoms with Gasteiger partial charge in [0.1, 0.15) is 6.61 Å². The van der Waals surface area contributed by atoms with E-state index in [2.05, 4.69) is 29.6 Å². The third kappa shape index (κ3) is 5.66. The summed E-state index contributed by atoms with van der Waals surface area (Å²) in [6, 6.07) is 16.1. The molecule has 2 aromatic carbocycles. The molecule has 1 unspecified atom stereocenters. The van der Waals surface area contributed by atoms with Crippen molar-refractivity contribution in [3.8, 4) is 11.1 Å². The van der Waals surface area contributed by atoms with Crippen molar-refractivity contribution in [1.82, 2.24) is 10.2 Å². The predicted molar refractivity (Wildman–Crippen MR) is 133 cm³/mol. The molecule has 7 heteroatoms. The number of fused-ring (bicyclic) bond motifs is 3. The minimum Gasteiger partial charge on any atom is -0.481 e. The summed E-state index contributed by atoms with van der Waals surface area (Å²) in [5, 5.41) is 12.0. The molecule has 0 spiro atoms. The zero-order valence-electron chi connectivity index (χ0n) is 20.4. The highest BCUT2D eigenvalue weighted by atomic mass is 16.5. The molecule has 0 saturated carbocycles. The number of carboxylic acid groups (broad SMARTS) is 1. The van der Waals surface area contributed by atoms with Crippen LogP contribution < -0.4 is 5.32 Å².